The molecule has 0 saturated heterocycles. The van der Waals surface area contributed by atoms with Gasteiger partial charge in [-0.05, 0) is 33.6 Å². The number of ketones is 1. The van der Waals surface area contributed by atoms with E-state index in [-0.39, 0.29) is 11.2 Å². The molecule has 0 aromatic carbocycles. The van der Waals surface area contributed by atoms with Gasteiger partial charge < -0.3 is 4.52 Å². The molecule has 0 radical (unpaired) electrons. The highest BCUT2D eigenvalue weighted by atomic mass is 16.5. The number of aryl methyl sites for hydroxylation is 2. The third-order valence-corrected chi connectivity index (χ3v) is 2.94. The van der Waals surface area contributed by atoms with E-state index in [4.69, 9.17) is 4.52 Å². The van der Waals surface area contributed by atoms with Crippen LogP contribution in [0.4, 0.5) is 0 Å². The first kappa shape index (κ1) is 8.48. The van der Waals surface area contributed by atoms with E-state index in [0.717, 1.165) is 29.9 Å². The Balaban J connectivity index is 2.51. The molecule has 0 aliphatic heterocycles. The molecule has 0 amide bonds. The third kappa shape index (κ3) is 1.03. The Morgan fingerprint density at radius 3 is 2.38 bits per heavy atom. The molecule has 3 nitrogen and oxygen atoms in total. The van der Waals surface area contributed by atoms with E-state index in [1.54, 1.807) is 6.92 Å². The number of hydrogen-bond donors (Lipinski definition) is 0. The van der Waals surface area contributed by atoms with Crippen molar-refractivity contribution >= 4 is 5.78 Å². The van der Waals surface area contributed by atoms with Gasteiger partial charge in [0.15, 0.2) is 0 Å². The van der Waals surface area contributed by atoms with Gasteiger partial charge in [-0.25, -0.2) is 0 Å². The topological polar surface area (TPSA) is 43.1 Å². The third-order valence-electron chi connectivity index (χ3n) is 2.94. The van der Waals surface area contributed by atoms with Gasteiger partial charge in [0.2, 0.25) is 0 Å². The highest BCUT2D eigenvalue weighted by Gasteiger charge is 2.51. The zero-order valence-corrected chi connectivity index (χ0v) is 8.18. The molecule has 0 spiro atoms. The minimum atomic E-state index is -0.242. The lowest BCUT2D eigenvalue weighted by atomic mass is 9.91. The van der Waals surface area contributed by atoms with Gasteiger partial charge in [-0.3, -0.25) is 4.79 Å². The summed E-state index contributed by atoms with van der Waals surface area (Å²) in [5.41, 5.74) is 1.65. The first-order valence-corrected chi connectivity index (χ1v) is 4.52. The van der Waals surface area contributed by atoms with Crippen molar-refractivity contribution < 1.29 is 9.32 Å². The summed E-state index contributed by atoms with van der Waals surface area (Å²) in [5.74, 6) is 1.03. The van der Waals surface area contributed by atoms with Crippen LogP contribution in [0.2, 0.25) is 0 Å². The van der Waals surface area contributed by atoms with Crippen molar-refractivity contribution in [3.8, 4) is 0 Å². The van der Waals surface area contributed by atoms with Gasteiger partial charge in [0.05, 0.1) is 11.1 Å². The van der Waals surface area contributed by atoms with Crippen molar-refractivity contribution in [3.63, 3.8) is 0 Å². The van der Waals surface area contributed by atoms with Gasteiger partial charge in [-0.1, -0.05) is 5.16 Å². The van der Waals surface area contributed by atoms with Crippen LogP contribution < -0.4 is 0 Å². The molecule has 0 N–H and O–H groups in total. The monoisotopic (exact) mass is 179 g/mol. The average molecular weight is 179 g/mol. The van der Waals surface area contributed by atoms with Crippen LogP contribution >= 0.6 is 0 Å². The maximum Gasteiger partial charge on any atom is 0.140 e. The summed E-state index contributed by atoms with van der Waals surface area (Å²) in [5, 5.41) is 3.88. The van der Waals surface area contributed by atoms with E-state index >= 15 is 0 Å². The number of carbonyl (C=O) groups is 1. The second-order valence-electron chi connectivity index (χ2n) is 3.84. The second kappa shape index (κ2) is 2.44. The molecule has 1 aromatic heterocycles. The quantitative estimate of drug-likeness (QED) is 0.696. The minimum Gasteiger partial charge on any atom is -0.361 e. The zero-order chi connectivity index (χ0) is 9.64. The molecule has 0 atom stereocenters. The number of aromatic nitrogens is 1. The predicted octanol–water partition coefficient (Wildman–Crippen LogP) is 1.91. The van der Waals surface area contributed by atoms with Gasteiger partial charge in [-0.15, -0.1) is 0 Å². The molecule has 1 heterocycles. The summed E-state index contributed by atoms with van der Waals surface area (Å²) in [6, 6.07) is 0. The lowest BCUT2D eigenvalue weighted by Crippen LogP contribution is -2.18. The normalized spacial score (nSPS) is 18.7. The summed E-state index contributed by atoms with van der Waals surface area (Å²) >= 11 is 0. The molecule has 0 unspecified atom stereocenters. The Kier molecular flexibility index (Phi) is 1.59. The molecule has 1 fully saturated rings. The summed E-state index contributed by atoms with van der Waals surface area (Å²) in [7, 11) is 0. The van der Waals surface area contributed by atoms with Crippen molar-refractivity contribution in [2.45, 2.75) is 39.0 Å². The van der Waals surface area contributed by atoms with E-state index in [9.17, 15) is 4.79 Å². The molecule has 2 rings (SSSR count). The van der Waals surface area contributed by atoms with Gasteiger partial charge >= 0.3 is 0 Å². The SMILES string of the molecule is CC(=O)C1(c2c(C)noc2C)CC1. The fourth-order valence-corrected chi connectivity index (χ4v) is 2.07. The van der Waals surface area contributed by atoms with E-state index in [1.807, 2.05) is 13.8 Å². The summed E-state index contributed by atoms with van der Waals surface area (Å²) in [6.45, 7) is 5.42. The van der Waals surface area contributed by atoms with Crippen LogP contribution in [0, 0.1) is 13.8 Å². The van der Waals surface area contributed by atoms with Gasteiger partial charge in [0.25, 0.3) is 0 Å². The van der Waals surface area contributed by atoms with E-state index < -0.39 is 0 Å². The van der Waals surface area contributed by atoms with Crippen molar-refractivity contribution in [2.24, 2.45) is 0 Å². The van der Waals surface area contributed by atoms with Crippen molar-refractivity contribution in [1.29, 1.82) is 0 Å². The highest BCUT2D eigenvalue weighted by molar-refractivity contribution is 5.91. The number of nitrogens with zero attached hydrogens (tertiary/aromatic N) is 1. The standard InChI is InChI=1S/C10H13NO2/c1-6-9(7(2)13-11-6)10(4-5-10)8(3)12/h4-5H2,1-3H3. The van der Waals surface area contributed by atoms with Crippen LogP contribution in [0.5, 0.6) is 0 Å². The molecule has 13 heavy (non-hydrogen) atoms. The Morgan fingerprint density at radius 2 is 2.08 bits per heavy atom. The average Bonchev–Trinajstić information content (AvgIpc) is 2.77. The van der Waals surface area contributed by atoms with E-state index in [1.165, 1.54) is 0 Å². The van der Waals surface area contributed by atoms with Crippen molar-refractivity contribution in [1.82, 2.24) is 5.16 Å². The Hall–Kier alpha value is -1.12. The maximum absolute atomic E-state index is 11.5. The van der Waals surface area contributed by atoms with Crippen molar-refractivity contribution in [3.05, 3.63) is 17.0 Å². The first-order chi connectivity index (χ1) is 6.08. The smallest absolute Gasteiger partial charge is 0.140 e. The summed E-state index contributed by atoms with van der Waals surface area (Å²) < 4.78 is 5.07. The van der Waals surface area contributed by atoms with Crippen molar-refractivity contribution in [2.75, 3.05) is 0 Å². The van der Waals surface area contributed by atoms with Gasteiger partial charge in [-0.2, -0.15) is 0 Å². The fourth-order valence-electron chi connectivity index (χ4n) is 2.07. The lowest BCUT2D eigenvalue weighted by Gasteiger charge is -2.09. The molecule has 1 saturated carbocycles. The molecule has 1 aromatic rings. The maximum atomic E-state index is 11.5. The molecule has 1 aliphatic rings. The Bertz CT molecular complexity index is 342. The molecule has 70 valence electrons. The lowest BCUT2D eigenvalue weighted by molar-refractivity contribution is -0.119. The fraction of sp³-hybridized carbons (Fsp3) is 0.600. The van der Waals surface area contributed by atoms with Crippen LogP contribution in [-0.4, -0.2) is 10.9 Å². The number of Topliss-reactive ketones (excluding diaryl/α,β-unsaturated/α-hetero) is 1. The van der Waals surface area contributed by atoms with E-state index in [0.29, 0.717) is 0 Å². The zero-order valence-electron chi connectivity index (χ0n) is 8.18. The number of rotatable bonds is 2. The van der Waals surface area contributed by atoms with E-state index in [2.05, 4.69) is 5.16 Å². The van der Waals surface area contributed by atoms with Crippen LogP contribution in [0.3, 0.4) is 0 Å². The van der Waals surface area contributed by atoms with Gasteiger partial charge in [0.1, 0.15) is 11.5 Å². The number of carbonyl (C=O) groups excluding carboxylic acids is 1. The van der Waals surface area contributed by atoms with Crippen LogP contribution in [-0.2, 0) is 10.2 Å². The van der Waals surface area contributed by atoms with Gasteiger partial charge in [0, 0.05) is 5.56 Å². The summed E-state index contributed by atoms with van der Waals surface area (Å²) in [4.78, 5) is 11.5. The highest BCUT2D eigenvalue weighted by Crippen LogP contribution is 2.51. The van der Waals surface area contributed by atoms with Crippen LogP contribution in [0.1, 0.15) is 36.8 Å². The molecule has 1 aliphatic carbocycles. The molecule has 3 heteroatoms. The second-order valence-corrected chi connectivity index (χ2v) is 3.84. The van der Waals surface area contributed by atoms with Crippen LogP contribution in [0.25, 0.3) is 0 Å². The Morgan fingerprint density at radius 1 is 1.46 bits per heavy atom. The Labute approximate surface area is 77.1 Å². The molecule has 0 bridgehead atoms. The molecular formula is C10H13NO2. The minimum absolute atomic E-state index is 0.238. The van der Waals surface area contributed by atoms with Crippen LogP contribution in [0.15, 0.2) is 4.52 Å². The predicted molar refractivity (Wildman–Crippen MR) is 47.6 cm³/mol. The number of hydrogen-bond acceptors (Lipinski definition) is 3. The first-order valence-electron chi connectivity index (χ1n) is 4.52. The largest absolute Gasteiger partial charge is 0.361 e. The molecular weight excluding hydrogens is 166 g/mol. The summed E-state index contributed by atoms with van der Waals surface area (Å²) in [6.07, 6.45) is 1.90.